The van der Waals surface area contributed by atoms with Crippen LogP contribution in [0, 0.1) is 0 Å². The number of carbonyl (C=O) groups is 1. The second-order valence-electron chi connectivity index (χ2n) is 4.25. The fraction of sp³-hybridized carbons (Fsp3) is 0.462. The van der Waals surface area contributed by atoms with Crippen molar-refractivity contribution >= 4 is 21.8 Å². The van der Waals surface area contributed by atoms with Gasteiger partial charge < -0.3 is 14.4 Å². The van der Waals surface area contributed by atoms with Crippen LogP contribution in [0.5, 0.6) is 5.75 Å². The van der Waals surface area contributed by atoms with Crippen molar-refractivity contribution in [2.24, 2.45) is 0 Å². The van der Waals surface area contributed by atoms with Crippen LogP contribution in [0.4, 0.5) is 8.78 Å². The van der Waals surface area contributed by atoms with Crippen molar-refractivity contribution in [1.82, 2.24) is 4.90 Å². The number of nitrogens with zero attached hydrogens (tertiary/aromatic N) is 1. The van der Waals surface area contributed by atoms with Crippen molar-refractivity contribution in [2.75, 3.05) is 32.9 Å². The second-order valence-corrected chi connectivity index (χ2v) is 5.11. The minimum atomic E-state index is -2.56. The molecule has 20 heavy (non-hydrogen) atoms. The number of ether oxygens (including phenoxy) is 2. The first-order valence-corrected chi connectivity index (χ1v) is 6.95. The molecule has 0 N–H and O–H groups in total. The molecule has 1 saturated heterocycles. The number of hydrogen-bond acceptors (Lipinski definition) is 3. The Balaban J connectivity index is 2.11. The molecule has 1 aromatic carbocycles. The summed E-state index contributed by atoms with van der Waals surface area (Å²) in [7, 11) is 0. The van der Waals surface area contributed by atoms with Crippen molar-refractivity contribution in [3.8, 4) is 5.75 Å². The van der Waals surface area contributed by atoms with Gasteiger partial charge in [0, 0.05) is 18.7 Å². The van der Waals surface area contributed by atoms with E-state index in [9.17, 15) is 13.6 Å². The molecule has 0 radical (unpaired) electrons. The third kappa shape index (κ3) is 3.89. The molecule has 110 valence electrons. The van der Waals surface area contributed by atoms with Gasteiger partial charge >= 0.3 is 0 Å². The Labute approximate surface area is 123 Å². The number of benzene rings is 1. The van der Waals surface area contributed by atoms with Crippen LogP contribution in [-0.2, 0) is 4.74 Å². The van der Waals surface area contributed by atoms with Crippen molar-refractivity contribution in [3.05, 3.63) is 28.2 Å². The molecule has 7 heteroatoms. The first-order valence-electron chi connectivity index (χ1n) is 6.15. The highest BCUT2D eigenvalue weighted by molar-refractivity contribution is 9.10. The normalized spacial score (nSPS) is 15.5. The van der Waals surface area contributed by atoms with Crippen LogP contribution < -0.4 is 4.74 Å². The third-order valence-electron chi connectivity index (χ3n) is 2.84. The lowest BCUT2D eigenvalue weighted by Gasteiger charge is -2.27. The number of alkyl halides is 2. The highest BCUT2D eigenvalue weighted by Crippen LogP contribution is 2.27. The van der Waals surface area contributed by atoms with E-state index in [2.05, 4.69) is 15.9 Å². The second kappa shape index (κ2) is 6.99. The van der Waals surface area contributed by atoms with Gasteiger partial charge in [-0.1, -0.05) is 0 Å². The summed E-state index contributed by atoms with van der Waals surface area (Å²) >= 11 is 3.21. The summed E-state index contributed by atoms with van der Waals surface area (Å²) in [6, 6.07) is 4.73. The molecule has 0 unspecified atom stereocenters. The summed E-state index contributed by atoms with van der Waals surface area (Å²) in [5, 5.41) is 0. The standard InChI is InChI=1S/C13H14BrF2NO3/c14-10-2-1-9(7-11(10)20-8-12(15)16)13(18)17-3-5-19-6-4-17/h1-2,7,12H,3-6,8H2. The fourth-order valence-corrected chi connectivity index (χ4v) is 2.21. The fourth-order valence-electron chi connectivity index (χ4n) is 1.85. The van der Waals surface area contributed by atoms with Crippen molar-refractivity contribution in [1.29, 1.82) is 0 Å². The van der Waals surface area contributed by atoms with Gasteiger partial charge in [-0.2, -0.15) is 0 Å². The van der Waals surface area contributed by atoms with Gasteiger partial charge in [0.15, 0.2) is 0 Å². The Bertz CT molecular complexity index is 479. The van der Waals surface area contributed by atoms with Crippen LogP contribution in [-0.4, -0.2) is 50.1 Å². The van der Waals surface area contributed by atoms with Crippen molar-refractivity contribution in [3.63, 3.8) is 0 Å². The molecular weight excluding hydrogens is 336 g/mol. The van der Waals surface area contributed by atoms with Gasteiger partial charge in [-0.25, -0.2) is 8.78 Å². The number of rotatable bonds is 4. The minimum absolute atomic E-state index is 0.150. The molecule has 1 amide bonds. The molecular formula is C13H14BrF2NO3. The monoisotopic (exact) mass is 349 g/mol. The van der Waals surface area contributed by atoms with Gasteiger partial charge in [0.25, 0.3) is 12.3 Å². The Morgan fingerprint density at radius 3 is 2.75 bits per heavy atom. The van der Waals surface area contributed by atoms with E-state index in [1.165, 1.54) is 6.07 Å². The quantitative estimate of drug-likeness (QED) is 0.838. The summed E-state index contributed by atoms with van der Waals surface area (Å²) in [6.07, 6.45) is -2.56. The molecule has 1 aliphatic rings. The summed E-state index contributed by atoms with van der Waals surface area (Å²) in [4.78, 5) is 13.9. The van der Waals surface area contributed by atoms with Crippen LogP contribution in [0.2, 0.25) is 0 Å². The number of morpholine rings is 1. The summed E-state index contributed by atoms with van der Waals surface area (Å²) < 4.78 is 35.1. The van der Waals surface area contributed by atoms with E-state index in [-0.39, 0.29) is 11.7 Å². The maximum absolute atomic E-state index is 12.3. The van der Waals surface area contributed by atoms with Crippen LogP contribution in [0.1, 0.15) is 10.4 Å². The molecule has 1 heterocycles. The summed E-state index contributed by atoms with van der Waals surface area (Å²) in [5.74, 6) is 0.0899. The van der Waals surface area contributed by atoms with Crippen molar-refractivity contribution < 1.29 is 23.0 Å². The van der Waals surface area contributed by atoms with E-state index in [1.807, 2.05) is 0 Å². The molecule has 4 nitrogen and oxygen atoms in total. The lowest BCUT2D eigenvalue weighted by molar-refractivity contribution is 0.0302. The summed E-state index contributed by atoms with van der Waals surface area (Å²) in [6.45, 7) is 1.38. The first-order chi connectivity index (χ1) is 9.58. The number of carbonyl (C=O) groups excluding carboxylic acids is 1. The Morgan fingerprint density at radius 2 is 2.10 bits per heavy atom. The van der Waals surface area contributed by atoms with Crippen LogP contribution in [0.3, 0.4) is 0 Å². The molecule has 0 bridgehead atoms. The van der Waals surface area contributed by atoms with E-state index in [0.717, 1.165) is 0 Å². The first kappa shape index (κ1) is 15.2. The SMILES string of the molecule is O=C(c1ccc(Br)c(OCC(F)F)c1)N1CCOCC1. The smallest absolute Gasteiger partial charge is 0.272 e. The molecule has 1 aromatic rings. The number of hydrogen-bond donors (Lipinski definition) is 0. The third-order valence-corrected chi connectivity index (χ3v) is 3.50. The molecule has 0 spiro atoms. The molecule has 2 rings (SSSR count). The van der Waals surface area contributed by atoms with Crippen LogP contribution in [0.15, 0.2) is 22.7 Å². The number of halogens is 3. The van der Waals surface area contributed by atoms with Crippen molar-refractivity contribution in [2.45, 2.75) is 6.43 Å². The van der Waals surface area contributed by atoms with Gasteiger partial charge in [-0.15, -0.1) is 0 Å². The highest BCUT2D eigenvalue weighted by Gasteiger charge is 2.19. The van der Waals surface area contributed by atoms with E-state index < -0.39 is 13.0 Å². The Morgan fingerprint density at radius 1 is 1.40 bits per heavy atom. The van der Waals surface area contributed by atoms with Gasteiger partial charge in [0.1, 0.15) is 12.4 Å². The lowest BCUT2D eigenvalue weighted by atomic mass is 10.2. The molecule has 1 fully saturated rings. The summed E-state index contributed by atoms with van der Waals surface area (Å²) in [5.41, 5.74) is 0.416. The van der Waals surface area contributed by atoms with Gasteiger partial charge in [-0.05, 0) is 34.1 Å². The highest BCUT2D eigenvalue weighted by atomic mass is 79.9. The largest absolute Gasteiger partial charge is 0.486 e. The zero-order valence-corrected chi connectivity index (χ0v) is 12.2. The number of amides is 1. The van der Waals surface area contributed by atoms with E-state index in [4.69, 9.17) is 9.47 Å². The zero-order chi connectivity index (χ0) is 14.5. The minimum Gasteiger partial charge on any atom is -0.486 e. The van der Waals surface area contributed by atoms with Gasteiger partial charge in [-0.3, -0.25) is 4.79 Å². The lowest BCUT2D eigenvalue weighted by Crippen LogP contribution is -2.40. The van der Waals surface area contributed by atoms with Gasteiger partial charge in [0.05, 0.1) is 17.7 Å². The molecule has 0 aromatic heterocycles. The Hall–Kier alpha value is -1.21. The average molecular weight is 350 g/mol. The predicted octanol–water partition coefficient (Wildman–Crippen LogP) is 2.57. The molecule has 0 saturated carbocycles. The molecule has 0 aliphatic carbocycles. The van der Waals surface area contributed by atoms with Gasteiger partial charge in [0.2, 0.25) is 0 Å². The molecule has 1 aliphatic heterocycles. The Kier molecular flexibility index (Phi) is 5.31. The van der Waals surface area contributed by atoms with E-state index >= 15 is 0 Å². The zero-order valence-electron chi connectivity index (χ0n) is 10.7. The topological polar surface area (TPSA) is 38.8 Å². The van der Waals surface area contributed by atoms with Crippen LogP contribution in [0.25, 0.3) is 0 Å². The average Bonchev–Trinajstić information content (AvgIpc) is 2.46. The van der Waals surface area contributed by atoms with E-state index in [1.54, 1.807) is 17.0 Å². The maximum Gasteiger partial charge on any atom is 0.272 e. The maximum atomic E-state index is 12.3. The predicted molar refractivity (Wildman–Crippen MR) is 72.4 cm³/mol. The van der Waals surface area contributed by atoms with Crippen LogP contribution >= 0.6 is 15.9 Å². The van der Waals surface area contributed by atoms with E-state index in [0.29, 0.717) is 36.3 Å². The molecule has 0 atom stereocenters.